The van der Waals surface area contributed by atoms with Gasteiger partial charge in [-0.25, -0.2) is 4.98 Å². The molecule has 9 heteroatoms. The fourth-order valence-corrected chi connectivity index (χ4v) is 3.42. The zero-order valence-corrected chi connectivity index (χ0v) is 15.7. The second-order valence-electron chi connectivity index (χ2n) is 6.82. The van der Waals surface area contributed by atoms with Crippen LogP contribution in [0.4, 0.5) is 24.7 Å². The van der Waals surface area contributed by atoms with Crippen molar-refractivity contribution in [1.82, 2.24) is 14.5 Å². The first kappa shape index (κ1) is 19.3. The lowest BCUT2D eigenvalue weighted by atomic mass is 10.1. The molecule has 1 amide bonds. The van der Waals surface area contributed by atoms with Crippen LogP contribution >= 0.6 is 0 Å². The highest BCUT2D eigenvalue weighted by Gasteiger charge is 2.30. The number of aromatic nitrogens is 2. The number of fused-ring (bicyclic) bond motifs is 1. The lowest BCUT2D eigenvalue weighted by Gasteiger charge is -2.27. The maximum atomic E-state index is 13.0. The summed E-state index contributed by atoms with van der Waals surface area (Å²) >= 11 is 0. The Hall–Kier alpha value is -3.07. The van der Waals surface area contributed by atoms with Crippen LogP contribution in [0.25, 0.3) is 10.9 Å². The Morgan fingerprint density at radius 3 is 2.69 bits per heavy atom. The van der Waals surface area contributed by atoms with Crippen molar-refractivity contribution in [2.75, 3.05) is 31.6 Å². The Bertz CT molecular complexity index is 1060. The van der Waals surface area contributed by atoms with Gasteiger partial charge in [-0.1, -0.05) is 6.07 Å². The smallest absolute Gasteiger partial charge is 0.378 e. The summed E-state index contributed by atoms with van der Waals surface area (Å²) < 4.78 is 46.1. The van der Waals surface area contributed by atoms with Gasteiger partial charge in [-0.2, -0.15) is 13.2 Å². The third-order valence-corrected chi connectivity index (χ3v) is 4.89. The average Bonchev–Trinajstić information content (AvgIpc) is 3.10. The monoisotopic (exact) mass is 404 g/mol. The van der Waals surface area contributed by atoms with E-state index in [-0.39, 0.29) is 11.6 Å². The van der Waals surface area contributed by atoms with Gasteiger partial charge >= 0.3 is 6.18 Å². The molecule has 4 rings (SSSR count). The zero-order valence-electron chi connectivity index (χ0n) is 15.7. The predicted octanol–water partition coefficient (Wildman–Crippen LogP) is 3.81. The van der Waals surface area contributed by atoms with E-state index in [9.17, 15) is 18.0 Å². The van der Waals surface area contributed by atoms with Gasteiger partial charge in [0, 0.05) is 43.6 Å². The second kappa shape index (κ2) is 7.40. The summed E-state index contributed by atoms with van der Waals surface area (Å²) in [6.45, 7) is 2.00. The molecule has 0 saturated carbocycles. The molecule has 0 atom stereocenters. The minimum atomic E-state index is -4.43. The van der Waals surface area contributed by atoms with Crippen molar-refractivity contribution in [1.29, 1.82) is 0 Å². The van der Waals surface area contributed by atoms with Crippen molar-refractivity contribution in [3.63, 3.8) is 0 Å². The molecule has 0 radical (unpaired) electrons. The van der Waals surface area contributed by atoms with Crippen molar-refractivity contribution >= 4 is 28.3 Å². The first-order chi connectivity index (χ1) is 13.8. The highest BCUT2D eigenvalue weighted by molar-refractivity contribution is 6.08. The maximum Gasteiger partial charge on any atom is 0.416 e. The normalized spacial score (nSPS) is 15.0. The summed E-state index contributed by atoms with van der Waals surface area (Å²) in [4.78, 5) is 19.0. The number of morpholine rings is 1. The SMILES string of the molecule is Cn1ccc2c(Nc3cccc(C(F)(F)F)c3)ncc(C(=O)N3CCOCC3)c21. The molecule has 3 heterocycles. The van der Waals surface area contributed by atoms with E-state index >= 15 is 0 Å². The van der Waals surface area contributed by atoms with Crippen LogP contribution in [0.15, 0.2) is 42.7 Å². The van der Waals surface area contributed by atoms with Crippen LogP contribution in [-0.4, -0.2) is 46.7 Å². The number of pyridine rings is 1. The number of anilines is 2. The van der Waals surface area contributed by atoms with E-state index in [0.717, 1.165) is 12.1 Å². The number of aryl methyl sites for hydroxylation is 1. The highest BCUT2D eigenvalue weighted by Crippen LogP contribution is 2.33. The number of nitrogens with zero attached hydrogens (tertiary/aromatic N) is 3. The average molecular weight is 404 g/mol. The lowest BCUT2D eigenvalue weighted by molar-refractivity contribution is -0.137. The molecule has 3 aromatic rings. The molecular weight excluding hydrogens is 385 g/mol. The molecule has 1 N–H and O–H groups in total. The number of halogens is 3. The van der Waals surface area contributed by atoms with Gasteiger partial charge in [-0.05, 0) is 24.3 Å². The van der Waals surface area contributed by atoms with Gasteiger partial charge in [0.05, 0.1) is 29.9 Å². The Kier molecular flexibility index (Phi) is 4.91. The summed E-state index contributed by atoms with van der Waals surface area (Å²) in [5.74, 6) is 0.247. The number of carbonyl (C=O) groups is 1. The molecule has 2 aromatic heterocycles. The minimum Gasteiger partial charge on any atom is -0.378 e. The summed E-state index contributed by atoms with van der Waals surface area (Å²) in [7, 11) is 1.81. The van der Waals surface area contributed by atoms with Crippen LogP contribution in [0.5, 0.6) is 0 Å². The van der Waals surface area contributed by atoms with Crippen LogP contribution in [0, 0.1) is 0 Å². The van der Waals surface area contributed by atoms with Gasteiger partial charge in [0.15, 0.2) is 0 Å². The van der Waals surface area contributed by atoms with Crippen LogP contribution in [0.3, 0.4) is 0 Å². The van der Waals surface area contributed by atoms with Crippen molar-refractivity contribution in [2.24, 2.45) is 7.05 Å². The van der Waals surface area contributed by atoms with Gasteiger partial charge < -0.3 is 19.5 Å². The van der Waals surface area contributed by atoms with Gasteiger partial charge in [-0.15, -0.1) is 0 Å². The highest BCUT2D eigenvalue weighted by atomic mass is 19.4. The quantitative estimate of drug-likeness (QED) is 0.721. The molecule has 1 aromatic carbocycles. The number of nitrogens with one attached hydrogen (secondary N) is 1. The lowest BCUT2D eigenvalue weighted by Crippen LogP contribution is -2.40. The molecule has 0 unspecified atom stereocenters. The number of carbonyl (C=O) groups excluding carboxylic acids is 1. The Morgan fingerprint density at radius 1 is 1.21 bits per heavy atom. The van der Waals surface area contributed by atoms with Crippen LogP contribution in [0.1, 0.15) is 15.9 Å². The number of rotatable bonds is 3. The zero-order chi connectivity index (χ0) is 20.6. The van der Waals surface area contributed by atoms with Gasteiger partial charge in [0.1, 0.15) is 5.82 Å². The van der Waals surface area contributed by atoms with Gasteiger partial charge in [0.2, 0.25) is 0 Å². The van der Waals surface area contributed by atoms with E-state index in [1.165, 1.54) is 12.3 Å². The number of ether oxygens (including phenoxy) is 1. The fraction of sp³-hybridized carbons (Fsp3) is 0.300. The van der Waals surface area contributed by atoms with E-state index in [1.54, 1.807) is 23.2 Å². The number of benzene rings is 1. The van der Waals surface area contributed by atoms with Crippen molar-refractivity contribution in [2.45, 2.75) is 6.18 Å². The Labute approximate surface area is 164 Å². The number of hydrogen-bond acceptors (Lipinski definition) is 4. The molecular formula is C20H19F3N4O2. The van der Waals surface area contributed by atoms with Crippen molar-refractivity contribution in [3.8, 4) is 0 Å². The predicted molar refractivity (Wildman–Crippen MR) is 102 cm³/mol. The van der Waals surface area contributed by atoms with Crippen molar-refractivity contribution < 1.29 is 22.7 Å². The number of hydrogen-bond donors (Lipinski definition) is 1. The standard InChI is InChI=1S/C20H19F3N4O2/c1-26-6-5-15-17(26)16(19(28)27-7-9-29-10-8-27)12-24-18(15)25-14-4-2-3-13(11-14)20(21,22)23/h2-6,11-12H,7-10H2,1H3,(H,24,25). The Morgan fingerprint density at radius 2 is 1.97 bits per heavy atom. The first-order valence-electron chi connectivity index (χ1n) is 9.10. The second-order valence-corrected chi connectivity index (χ2v) is 6.82. The molecule has 29 heavy (non-hydrogen) atoms. The third-order valence-electron chi connectivity index (χ3n) is 4.89. The van der Waals surface area contributed by atoms with E-state index in [0.29, 0.717) is 48.6 Å². The Balaban J connectivity index is 1.70. The summed E-state index contributed by atoms with van der Waals surface area (Å²) in [6, 6.07) is 6.71. The largest absolute Gasteiger partial charge is 0.416 e. The molecule has 152 valence electrons. The number of amides is 1. The molecule has 0 bridgehead atoms. The van der Waals surface area contributed by atoms with E-state index in [1.807, 2.05) is 11.6 Å². The minimum absolute atomic E-state index is 0.141. The molecule has 1 fully saturated rings. The third kappa shape index (κ3) is 3.77. The molecule has 1 aliphatic heterocycles. The van der Waals surface area contributed by atoms with Crippen LogP contribution < -0.4 is 5.32 Å². The number of alkyl halides is 3. The van der Waals surface area contributed by atoms with E-state index in [2.05, 4.69) is 10.3 Å². The maximum absolute atomic E-state index is 13.0. The van der Waals surface area contributed by atoms with Crippen molar-refractivity contribution in [3.05, 3.63) is 53.9 Å². The summed E-state index contributed by atoms with van der Waals surface area (Å²) in [5, 5.41) is 3.61. The topological polar surface area (TPSA) is 59.4 Å². The fourth-order valence-electron chi connectivity index (χ4n) is 3.42. The molecule has 1 saturated heterocycles. The van der Waals surface area contributed by atoms with E-state index in [4.69, 9.17) is 4.74 Å². The van der Waals surface area contributed by atoms with Crippen LogP contribution in [0.2, 0.25) is 0 Å². The molecule has 1 aliphatic rings. The summed E-state index contributed by atoms with van der Waals surface area (Å²) in [5.41, 5.74) is 0.644. The van der Waals surface area contributed by atoms with E-state index < -0.39 is 11.7 Å². The summed E-state index contributed by atoms with van der Waals surface area (Å²) in [6.07, 6.45) is -1.17. The van der Waals surface area contributed by atoms with Gasteiger partial charge in [0.25, 0.3) is 5.91 Å². The molecule has 6 nitrogen and oxygen atoms in total. The van der Waals surface area contributed by atoms with Gasteiger partial charge in [-0.3, -0.25) is 4.79 Å². The molecule has 0 spiro atoms. The van der Waals surface area contributed by atoms with Crippen LogP contribution in [-0.2, 0) is 18.0 Å². The molecule has 0 aliphatic carbocycles. The first-order valence-corrected chi connectivity index (χ1v) is 9.10.